The summed E-state index contributed by atoms with van der Waals surface area (Å²) in [7, 11) is -2.23. The second kappa shape index (κ2) is 8.29. The highest BCUT2D eigenvalue weighted by Crippen LogP contribution is 2.27. The van der Waals surface area contributed by atoms with Gasteiger partial charge in [-0.3, -0.25) is 4.79 Å². The summed E-state index contributed by atoms with van der Waals surface area (Å²) < 4.78 is 32.3. The van der Waals surface area contributed by atoms with Crippen molar-refractivity contribution in [3.8, 4) is 5.75 Å². The second-order valence-electron chi connectivity index (χ2n) is 6.29. The Morgan fingerprint density at radius 1 is 1.19 bits per heavy atom. The molecule has 1 fully saturated rings. The van der Waals surface area contributed by atoms with Gasteiger partial charge in [0.05, 0.1) is 12.0 Å². The van der Waals surface area contributed by atoms with Crippen molar-refractivity contribution in [2.24, 2.45) is 0 Å². The lowest BCUT2D eigenvalue weighted by Crippen LogP contribution is -2.45. The number of hydrogen-bond donors (Lipinski definition) is 1. The predicted molar refractivity (Wildman–Crippen MR) is 103 cm³/mol. The normalized spacial score (nSPS) is 17.6. The fourth-order valence-electron chi connectivity index (χ4n) is 3.08. The zero-order valence-electron chi connectivity index (χ0n) is 14.9. The first-order valence-electron chi connectivity index (χ1n) is 8.60. The van der Waals surface area contributed by atoms with E-state index in [4.69, 9.17) is 16.3 Å². The predicted octanol–water partition coefficient (Wildman–Crippen LogP) is 2.82. The molecule has 0 aromatic heterocycles. The molecule has 1 aliphatic rings. The monoisotopic (exact) mass is 408 g/mol. The van der Waals surface area contributed by atoms with Crippen molar-refractivity contribution >= 4 is 27.5 Å². The topological polar surface area (TPSA) is 75.7 Å². The Hall–Kier alpha value is -2.09. The minimum absolute atomic E-state index is 0.153. The van der Waals surface area contributed by atoms with E-state index in [1.165, 1.54) is 23.5 Å². The first kappa shape index (κ1) is 19.7. The number of ether oxygens (including phenoxy) is 1. The van der Waals surface area contributed by atoms with Gasteiger partial charge >= 0.3 is 0 Å². The molecule has 144 valence electrons. The van der Waals surface area contributed by atoms with E-state index in [0.29, 0.717) is 36.7 Å². The van der Waals surface area contributed by atoms with Crippen LogP contribution in [0, 0.1) is 0 Å². The molecule has 1 amide bonds. The van der Waals surface area contributed by atoms with Crippen molar-refractivity contribution in [3.05, 3.63) is 59.1 Å². The smallest absolute Gasteiger partial charge is 0.243 e. The molecule has 2 aromatic carbocycles. The highest BCUT2D eigenvalue weighted by Gasteiger charge is 2.39. The van der Waals surface area contributed by atoms with Crippen LogP contribution in [0.3, 0.4) is 0 Å². The number of nitrogens with zero attached hydrogens (tertiary/aromatic N) is 1. The number of halogens is 1. The highest BCUT2D eigenvalue weighted by molar-refractivity contribution is 7.89. The molecule has 1 atom stereocenters. The van der Waals surface area contributed by atoms with Gasteiger partial charge in [-0.05, 0) is 54.8 Å². The fraction of sp³-hybridized carbons (Fsp3) is 0.316. The van der Waals surface area contributed by atoms with E-state index in [9.17, 15) is 13.2 Å². The van der Waals surface area contributed by atoms with E-state index in [0.717, 1.165) is 5.56 Å². The van der Waals surface area contributed by atoms with Crippen LogP contribution in [-0.4, -0.2) is 38.3 Å². The number of amides is 1. The minimum Gasteiger partial charge on any atom is -0.497 e. The van der Waals surface area contributed by atoms with Crippen LogP contribution < -0.4 is 10.1 Å². The molecule has 6 nitrogen and oxygen atoms in total. The number of methoxy groups -OCH3 is 1. The van der Waals surface area contributed by atoms with Crippen molar-refractivity contribution < 1.29 is 17.9 Å². The van der Waals surface area contributed by atoms with Crippen molar-refractivity contribution in [2.45, 2.75) is 30.3 Å². The molecule has 0 saturated carbocycles. The number of benzene rings is 2. The van der Waals surface area contributed by atoms with Gasteiger partial charge in [0.25, 0.3) is 0 Å². The standard InChI is InChI=1S/C19H21ClN2O4S/c1-26-16-8-10-17(11-9-16)27(24,25)22-12-2-3-18(22)19(23)21-13-14-4-6-15(20)7-5-14/h4-11,18H,2-3,12-13H2,1H3,(H,21,23)/t18-/m1/s1. The summed E-state index contributed by atoms with van der Waals surface area (Å²) in [4.78, 5) is 12.8. The molecular weight excluding hydrogens is 388 g/mol. The zero-order chi connectivity index (χ0) is 19.4. The van der Waals surface area contributed by atoms with Crippen molar-refractivity contribution in [1.29, 1.82) is 0 Å². The van der Waals surface area contributed by atoms with Crippen LogP contribution in [0.5, 0.6) is 5.75 Å². The maximum atomic E-state index is 13.0. The van der Waals surface area contributed by atoms with Gasteiger partial charge in [0.2, 0.25) is 15.9 Å². The highest BCUT2D eigenvalue weighted by atomic mass is 35.5. The Labute approximate surface area is 164 Å². The SMILES string of the molecule is COc1ccc(S(=O)(=O)N2CCC[C@@H]2C(=O)NCc2ccc(Cl)cc2)cc1. The Kier molecular flexibility index (Phi) is 6.04. The van der Waals surface area contributed by atoms with Crippen molar-refractivity contribution in [3.63, 3.8) is 0 Å². The van der Waals surface area contributed by atoms with Gasteiger partial charge < -0.3 is 10.1 Å². The number of hydrogen-bond acceptors (Lipinski definition) is 4. The summed E-state index contributed by atoms with van der Waals surface area (Å²) in [6.07, 6.45) is 1.15. The molecule has 3 rings (SSSR count). The fourth-order valence-corrected chi connectivity index (χ4v) is 4.86. The van der Waals surface area contributed by atoms with Crippen LogP contribution in [0.2, 0.25) is 5.02 Å². The van der Waals surface area contributed by atoms with E-state index in [-0.39, 0.29) is 10.8 Å². The lowest BCUT2D eigenvalue weighted by atomic mass is 10.2. The summed E-state index contributed by atoms with van der Waals surface area (Å²) >= 11 is 5.86. The molecule has 0 spiro atoms. The zero-order valence-corrected chi connectivity index (χ0v) is 16.5. The summed E-state index contributed by atoms with van der Waals surface area (Å²) in [5.74, 6) is 0.284. The van der Waals surface area contributed by atoms with Gasteiger partial charge in [-0.15, -0.1) is 0 Å². The van der Waals surface area contributed by atoms with Crippen LogP contribution in [0.1, 0.15) is 18.4 Å². The molecule has 1 saturated heterocycles. The maximum Gasteiger partial charge on any atom is 0.243 e. The Morgan fingerprint density at radius 2 is 1.85 bits per heavy atom. The molecule has 0 bridgehead atoms. The third-order valence-corrected chi connectivity index (χ3v) is 6.73. The van der Waals surface area contributed by atoms with Crippen molar-refractivity contribution in [1.82, 2.24) is 9.62 Å². The summed E-state index contributed by atoms with van der Waals surface area (Å²) in [5.41, 5.74) is 0.898. The summed E-state index contributed by atoms with van der Waals surface area (Å²) in [6.45, 7) is 0.649. The van der Waals surface area contributed by atoms with Gasteiger partial charge in [0.1, 0.15) is 11.8 Å². The lowest BCUT2D eigenvalue weighted by Gasteiger charge is -2.23. The average Bonchev–Trinajstić information content (AvgIpc) is 3.18. The Morgan fingerprint density at radius 3 is 2.48 bits per heavy atom. The van der Waals surface area contributed by atoms with Crippen LogP contribution in [-0.2, 0) is 21.4 Å². The van der Waals surface area contributed by atoms with Crippen molar-refractivity contribution in [2.75, 3.05) is 13.7 Å². The number of sulfonamides is 1. The number of carbonyl (C=O) groups is 1. The Bertz CT molecular complexity index is 898. The third-order valence-electron chi connectivity index (χ3n) is 4.55. The molecule has 1 N–H and O–H groups in total. The summed E-state index contributed by atoms with van der Waals surface area (Å²) in [6, 6.07) is 12.6. The van der Waals surface area contributed by atoms with E-state index >= 15 is 0 Å². The van der Waals surface area contributed by atoms with E-state index < -0.39 is 16.1 Å². The molecule has 8 heteroatoms. The summed E-state index contributed by atoms with van der Waals surface area (Å²) in [5, 5.41) is 3.45. The first-order chi connectivity index (χ1) is 12.9. The van der Waals surface area contributed by atoms with E-state index in [1.807, 2.05) is 12.1 Å². The molecule has 0 aliphatic carbocycles. The Balaban J connectivity index is 1.71. The van der Waals surface area contributed by atoms with Crippen LogP contribution in [0.4, 0.5) is 0 Å². The maximum absolute atomic E-state index is 13.0. The second-order valence-corrected chi connectivity index (χ2v) is 8.62. The van der Waals surface area contributed by atoms with Gasteiger partial charge in [-0.1, -0.05) is 23.7 Å². The molecule has 0 radical (unpaired) electrons. The largest absolute Gasteiger partial charge is 0.497 e. The van der Waals surface area contributed by atoms with Gasteiger partial charge in [0, 0.05) is 18.1 Å². The first-order valence-corrected chi connectivity index (χ1v) is 10.4. The van der Waals surface area contributed by atoms with Crippen LogP contribution >= 0.6 is 11.6 Å². The number of nitrogens with one attached hydrogen (secondary N) is 1. The molecule has 1 aliphatic heterocycles. The van der Waals surface area contributed by atoms with Crippen LogP contribution in [0.15, 0.2) is 53.4 Å². The van der Waals surface area contributed by atoms with Gasteiger partial charge in [-0.25, -0.2) is 8.42 Å². The minimum atomic E-state index is -3.75. The van der Waals surface area contributed by atoms with E-state index in [1.54, 1.807) is 24.3 Å². The average molecular weight is 409 g/mol. The molecule has 2 aromatic rings. The van der Waals surface area contributed by atoms with Crippen LogP contribution in [0.25, 0.3) is 0 Å². The molecule has 0 unspecified atom stereocenters. The van der Waals surface area contributed by atoms with Gasteiger partial charge in [0.15, 0.2) is 0 Å². The molecule has 27 heavy (non-hydrogen) atoms. The number of rotatable bonds is 6. The quantitative estimate of drug-likeness (QED) is 0.797. The van der Waals surface area contributed by atoms with Gasteiger partial charge in [-0.2, -0.15) is 4.31 Å². The van der Waals surface area contributed by atoms with E-state index in [2.05, 4.69) is 5.32 Å². The third kappa shape index (κ3) is 4.43. The molecule has 1 heterocycles. The lowest BCUT2D eigenvalue weighted by molar-refractivity contribution is -0.124. The number of carbonyl (C=O) groups excluding carboxylic acids is 1. The molecular formula is C19H21ClN2O4S.